The smallest absolute Gasteiger partial charge is 0.154 e. The van der Waals surface area contributed by atoms with Crippen LogP contribution in [0.15, 0.2) is 12.4 Å². The van der Waals surface area contributed by atoms with Gasteiger partial charge in [0, 0.05) is 19.2 Å². The van der Waals surface area contributed by atoms with Crippen LogP contribution in [0.5, 0.6) is 0 Å². The topological polar surface area (TPSA) is 48.5 Å². The van der Waals surface area contributed by atoms with Crippen molar-refractivity contribution in [2.24, 2.45) is 0 Å². The van der Waals surface area contributed by atoms with E-state index in [0.717, 1.165) is 31.2 Å². The molecule has 0 saturated heterocycles. The van der Waals surface area contributed by atoms with Gasteiger partial charge in [0.2, 0.25) is 0 Å². The van der Waals surface area contributed by atoms with Crippen LogP contribution in [0.3, 0.4) is 0 Å². The Morgan fingerprint density at radius 2 is 2.11 bits per heavy atom. The SMILES string of the molecule is CC(C)c1cnn(Cc2nnc3n2CCCCC3)c1. The molecule has 1 aliphatic heterocycles. The van der Waals surface area contributed by atoms with Crippen molar-refractivity contribution in [1.29, 1.82) is 0 Å². The van der Waals surface area contributed by atoms with E-state index in [1.807, 2.05) is 10.9 Å². The Morgan fingerprint density at radius 3 is 2.89 bits per heavy atom. The highest BCUT2D eigenvalue weighted by atomic mass is 15.3. The first-order valence-corrected chi connectivity index (χ1v) is 7.17. The van der Waals surface area contributed by atoms with E-state index in [0.29, 0.717) is 5.92 Å². The monoisotopic (exact) mass is 259 g/mol. The summed E-state index contributed by atoms with van der Waals surface area (Å²) in [6, 6.07) is 0. The molecule has 0 fully saturated rings. The molecule has 102 valence electrons. The second-order valence-electron chi connectivity index (χ2n) is 5.62. The summed E-state index contributed by atoms with van der Waals surface area (Å²) in [5.74, 6) is 2.70. The molecule has 0 aliphatic carbocycles. The molecule has 3 heterocycles. The summed E-state index contributed by atoms with van der Waals surface area (Å²) in [7, 11) is 0. The van der Waals surface area contributed by atoms with Gasteiger partial charge in [-0.1, -0.05) is 20.3 Å². The molecule has 0 saturated carbocycles. The van der Waals surface area contributed by atoms with Crippen molar-refractivity contribution in [3.63, 3.8) is 0 Å². The van der Waals surface area contributed by atoms with Crippen LogP contribution in [0.4, 0.5) is 0 Å². The predicted octanol–water partition coefficient (Wildman–Crippen LogP) is 2.37. The van der Waals surface area contributed by atoms with Crippen molar-refractivity contribution in [3.05, 3.63) is 29.6 Å². The molecule has 0 spiro atoms. The molecule has 5 heteroatoms. The molecule has 0 radical (unpaired) electrons. The summed E-state index contributed by atoms with van der Waals surface area (Å²) in [4.78, 5) is 0. The molecule has 0 amide bonds. The lowest BCUT2D eigenvalue weighted by Gasteiger charge is -2.06. The fraction of sp³-hybridized carbons (Fsp3) is 0.643. The molecule has 0 atom stereocenters. The van der Waals surface area contributed by atoms with Crippen LogP contribution in [0.1, 0.15) is 56.2 Å². The Labute approximate surface area is 113 Å². The summed E-state index contributed by atoms with van der Waals surface area (Å²) >= 11 is 0. The standard InChI is InChI=1S/C14H21N5/c1-11(2)12-8-15-18(9-12)10-14-17-16-13-6-4-3-5-7-19(13)14/h8-9,11H,3-7,10H2,1-2H3. The van der Waals surface area contributed by atoms with Gasteiger partial charge in [-0.15, -0.1) is 10.2 Å². The van der Waals surface area contributed by atoms with Crippen molar-refractivity contribution in [1.82, 2.24) is 24.5 Å². The van der Waals surface area contributed by atoms with Gasteiger partial charge in [0.25, 0.3) is 0 Å². The summed E-state index contributed by atoms with van der Waals surface area (Å²) in [6.07, 6.45) is 8.88. The van der Waals surface area contributed by atoms with E-state index in [1.54, 1.807) is 0 Å². The largest absolute Gasteiger partial charge is 0.313 e. The van der Waals surface area contributed by atoms with Crippen molar-refractivity contribution in [3.8, 4) is 0 Å². The van der Waals surface area contributed by atoms with Crippen LogP contribution in [0.2, 0.25) is 0 Å². The van der Waals surface area contributed by atoms with Crippen LogP contribution >= 0.6 is 0 Å². The highest BCUT2D eigenvalue weighted by Crippen LogP contribution is 2.16. The molecule has 2 aromatic heterocycles. The number of fused-ring (bicyclic) bond motifs is 1. The highest BCUT2D eigenvalue weighted by molar-refractivity contribution is 5.09. The van der Waals surface area contributed by atoms with E-state index in [9.17, 15) is 0 Å². The molecule has 0 unspecified atom stereocenters. The number of hydrogen-bond acceptors (Lipinski definition) is 3. The summed E-state index contributed by atoms with van der Waals surface area (Å²) in [5.41, 5.74) is 1.27. The van der Waals surface area contributed by atoms with Crippen LogP contribution in [-0.2, 0) is 19.5 Å². The van der Waals surface area contributed by atoms with E-state index in [-0.39, 0.29) is 0 Å². The molecule has 1 aliphatic rings. The Kier molecular flexibility index (Phi) is 3.36. The molecule has 0 bridgehead atoms. The first-order chi connectivity index (χ1) is 9.24. The van der Waals surface area contributed by atoms with Crippen LogP contribution < -0.4 is 0 Å². The Balaban J connectivity index is 1.81. The van der Waals surface area contributed by atoms with Gasteiger partial charge in [-0.25, -0.2) is 0 Å². The molecular formula is C14H21N5. The molecule has 5 nitrogen and oxygen atoms in total. The van der Waals surface area contributed by atoms with Gasteiger partial charge >= 0.3 is 0 Å². The maximum Gasteiger partial charge on any atom is 0.154 e. The molecule has 19 heavy (non-hydrogen) atoms. The maximum atomic E-state index is 4.42. The molecule has 3 rings (SSSR count). The second kappa shape index (κ2) is 5.15. The Morgan fingerprint density at radius 1 is 1.21 bits per heavy atom. The van der Waals surface area contributed by atoms with Gasteiger partial charge in [0.15, 0.2) is 5.82 Å². The number of rotatable bonds is 3. The fourth-order valence-electron chi connectivity index (χ4n) is 2.57. The van der Waals surface area contributed by atoms with Crippen LogP contribution in [0, 0.1) is 0 Å². The van der Waals surface area contributed by atoms with E-state index in [2.05, 4.69) is 39.9 Å². The third kappa shape index (κ3) is 2.55. The minimum Gasteiger partial charge on any atom is -0.313 e. The normalized spacial score (nSPS) is 15.5. The summed E-state index contributed by atoms with van der Waals surface area (Å²) in [6.45, 7) is 6.14. The van der Waals surface area contributed by atoms with E-state index in [1.165, 1.54) is 24.8 Å². The zero-order valence-corrected chi connectivity index (χ0v) is 11.7. The first kappa shape index (κ1) is 12.4. The minimum absolute atomic E-state index is 0.518. The molecule has 0 aromatic carbocycles. The number of nitrogens with zero attached hydrogens (tertiary/aromatic N) is 5. The third-order valence-corrected chi connectivity index (χ3v) is 3.81. The van der Waals surface area contributed by atoms with Crippen molar-refractivity contribution in [2.45, 2.75) is 58.5 Å². The van der Waals surface area contributed by atoms with Gasteiger partial charge in [0.1, 0.15) is 12.4 Å². The maximum absolute atomic E-state index is 4.42. The zero-order valence-electron chi connectivity index (χ0n) is 11.7. The molecule has 0 N–H and O–H groups in total. The predicted molar refractivity (Wildman–Crippen MR) is 73.0 cm³/mol. The molecular weight excluding hydrogens is 238 g/mol. The highest BCUT2D eigenvalue weighted by Gasteiger charge is 2.15. The Bertz CT molecular complexity index is 552. The lowest BCUT2D eigenvalue weighted by atomic mass is 10.1. The van der Waals surface area contributed by atoms with Crippen LogP contribution in [0.25, 0.3) is 0 Å². The van der Waals surface area contributed by atoms with Crippen molar-refractivity contribution >= 4 is 0 Å². The summed E-state index contributed by atoms with van der Waals surface area (Å²) < 4.78 is 4.25. The average molecular weight is 259 g/mol. The first-order valence-electron chi connectivity index (χ1n) is 7.17. The number of aromatic nitrogens is 5. The van der Waals surface area contributed by atoms with Crippen molar-refractivity contribution < 1.29 is 0 Å². The van der Waals surface area contributed by atoms with E-state index in [4.69, 9.17) is 0 Å². The lowest BCUT2D eigenvalue weighted by Crippen LogP contribution is -2.10. The van der Waals surface area contributed by atoms with Gasteiger partial charge in [0.05, 0.1) is 6.20 Å². The summed E-state index contributed by atoms with van der Waals surface area (Å²) in [5, 5.41) is 13.1. The van der Waals surface area contributed by atoms with Gasteiger partial charge < -0.3 is 4.57 Å². The minimum atomic E-state index is 0.518. The van der Waals surface area contributed by atoms with E-state index < -0.39 is 0 Å². The van der Waals surface area contributed by atoms with Gasteiger partial charge in [-0.3, -0.25) is 4.68 Å². The average Bonchev–Trinajstić information content (AvgIpc) is 2.92. The molecule has 2 aromatic rings. The fourth-order valence-corrected chi connectivity index (χ4v) is 2.57. The van der Waals surface area contributed by atoms with Crippen molar-refractivity contribution in [2.75, 3.05) is 0 Å². The number of aryl methyl sites for hydroxylation is 1. The Hall–Kier alpha value is -1.65. The van der Waals surface area contributed by atoms with Gasteiger partial charge in [-0.2, -0.15) is 5.10 Å². The lowest BCUT2D eigenvalue weighted by molar-refractivity contribution is 0.568. The van der Waals surface area contributed by atoms with E-state index >= 15 is 0 Å². The van der Waals surface area contributed by atoms with Crippen LogP contribution in [-0.4, -0.2) is 24.5 Å². The second-order valence-corrected chi connectivity index (χ2v) is 5.62. The quantitative estimate of drug-likeness (QED) is 0.850. The van der Waals surface area contributed by atoms with Gasteiger partial charge in [-0.05, 0) is 24.3 Å². The third-order valence-electron chi connectivity index (χ3n) is 3.81. The zero-order chi connectivity index (χ0) is 13.2. The number of hydrogen-bond donors (Lipinski definition) is 0.